The van der Waals surface area contributed by atoms with Crippen molar-refractivity contribution in [2.75, 3.05) is 17.2 Å². The number of nitrogens with zero attached hydrogens (tertiary/aromatic N) is 1. The average molecular weight is 299 g/mol. The predicted molar refractivity (Wildman–Crippen MR) is 88.7 cm³/mol. The number of hydrogen-bond donors (Lipinski definition) is 2. The zero-order valence-electron chi connectivity index (χ0n) is 13.1. The molecule has 5 nitrogen and oxygen atoms in total. The van der Waals surface area contributed by atoms with Gasteiger partial charge in [0.2, 0.25) is 0 Å². The molecule has 116 valence electrons. The molecule has 5 heteroatoms. The maximum Gasteiger partial charge on any atom is 0.411 e. The van der Waals surface area contributed by atoms with Crippen LogP contribution in [0.1, 0.15) is 32.3 Å². The fourth-order valence-corrected chi connectivity index (χ4v) is 1.93. The van der Waals surface area contributed by atoms with Crippen LogP contribution in [0.15, 0.2) is 42.6 Å². The second-order valence-electron chi connectivity index (χ2n) is 5.18. The number of nitrogens with one attached hydrogen (secondary N) is 2. The summed E-state index contributed by atoms with van der Waals surface area (Å²) >= 11 is 0. The van der Waals surface area contributed by atoms with Gasteiger partial charge in [-0.15, -0.1) is 0 Å². The van der Waals surface area contributed by atoms with Gasteiger partial charge in [0.15, 0.2) is 0 Å². The van der Waals surface area contributed by atoms with E-state index in [1.807, 2.05) is 12.1 Å². The van der Waals surface area contributed by atoms with Crippen molar-refractivity contribution in [3.8, 4) is 0 Å². The summed E-state index contributed by atoms with van der Waals surface area (Å²) in [6, 6.07) is 11.8. The van der Waals surface area contributed by atoms with E-state index >= 15 is 0 Å². The molecule has 0 unspecified atom stereocenters. The molecule has 2 rings (SSSR count). The molecule has 2 aromatic rings. The normalized spacial score (nSPS) is 10.4. The Balaban J connectivity index is 1.97. The van der Waals surface area contributed by atoms with Gasteiger partial charge in [0, 0.05) is 5.69 Å². The first kappa shape index (κ1) is 15.8. The first-order chi connectivity index (χ1) is 10.6. The average Bonchev–Trinajstić information content (AvgIpc) is 2.50. The fraction of sp³-hybridized carbons (Fsp3) is 0.294. The minimum absolute atomic E-state index is 0.339. The molecule has 0 saturated carbocycles. The summed E-state index contributed by atoms with van der Waals surface area (Å²) in [4.78, 5) is 15.6. The Morgan fingerprint density at radius 3 is 2.36 bits per heavy atom. The SMILES string of the molecule is CCOC(=O)Nc1ccc(Nc2ccc(C(C)C)cc2)nc1. The van der Waals surface area contributed by atoms with Gasteiger partial charge in [0.25, 0.3) is 0 Å². The summed E-state index contributed by atoms with van der Waals surface area (Å²) in [6.07, 6.45) is 1.11. The highest BCUT2D eigenvalue weighted by molar-refractivity contribution is 5.84. The molecule has 0 aliphatic rings. The number of hydrogen-bond acceptors (Lipinski definition) is 4. The smallest absolute Gasteiger partial charge is 0.411 e. The summed E-state index contributed by atoms with van der Waals surface area (Å²) in [5.74, 6) is 1.23. The molecule has 0 fully saturated rings. The monoisotopic (exact) mass is 299 g/mol. The van der Waals surface area contributed by atoms with E-state index in [1.54, 1.807) is 25.3 Å². The molecule has 0 aliphatic carbocycles. The van der Waals surface area contributed by atoms with Crippen molar-refractivity contribution in [1.29, 1.82) is 0 Å². The van der Waals surface area contributed by atoms with Crippen LogP contribution in [0.4, 0.5) is 22.0 Å². The number of benzene rings is 1. The lowest BCUT2D eigenvalue weighted by atomic mass is 10.0. The zero-order chi connectivity index (χ0) is 15.9. The van der Waals surface area contributed by atoms with Gasteiger partial charge in [0.1, 0.15) is 5.82 Å². The van der Waals surface area contributed by atoms with Gasteiger partial charge in [-0.1, -0.05) is 26.0 Å². The van der Waals surface area contributed by atoms with E-state index in [4.69, 9.17) is 4.74 Å². The largest absolute Gasteiger partial charge is 0.450 e. The zero-order valence-corrected chi connectivity index (χ0v) is 13.1. The maximum atomic E-state index is 11.3. The highest BCUT2D eigenvalue weighted by Crippen LogP contribution is 2.20. The Morgan fingerprint density at radius 2 is 1.82 bits per heavy atom. The van der Waals surface area contributed by atoms with Crippen LogP contribution in [0.5, 0.6) is 0 Å². The Hall–Kier alpha value is -2.56. The standard InChI is InChI=1S/C17H21N3O2/c1-4-22-17(21)20-15-9-10-16(18-11-15)19-14-7-5-13(6-8-14)12(2)3/h5-12H,4H2,1-3H3,(H,18,19)(H,20,21). The Bertz CT molecular complexity index is 607. The summed E-state index contributed by atoms with van der Waals surface area (Å²) < 4.78 is 4.81. The summed E-state index contributed by atoms with van der Waals surface area (Å²) in [5, 5.41) is 5.82. The predicted octanol–water partition coefficient (Wildman–Crippen LogP) is 4.52. The summed E-state index contributed by atoms with van der Waals surface area (Å²) in [7, 11) is 0. The molecular formula is C17H21N3O2. The number of aromatic nitrogens is 1. The van der Waals surface area contributed by atoms with E-state index in [-0.39, 0.29) is 0 Å². The van der Waals surface area contributed by atoms with Crippen LogP contribution in [-0.4, -0.2) is 17.7 Å². The molecular weight excluding hydrogens is 278 g/mol. The van der Waals surface area contributed by atoms with Crippen molar-refractivity contribution >= 4 is 23.3 Å². The van der Waals surface area contributed by atoms with E-state index in [0.29, 0.717) is 24.0 Å². The van der Waals surface area contributed by atoms with Gasteiger partial charge in [-0.25, -0.2) is 9.78 Å². The first-order valence-electron chi connectivity index (χ1n) is 7.35. The third-order valence-corrected chi connectivity index (χ3v) is 3.14. The van der Waals surface area contributed by atoms with Crippen molar-refractivity contribution < 1.29 is 9.53 Å². The van der Waals surface area contributed by atoms with Gasteiger partial charge in [-0.3, -0.25) is 5.32 Å². The number of carbonyl (C=O) groups excluding carboxylic acids is 1. The highest BCUT2D eigenvalue weighted by atomic mass is 16.5. The molecule has 0 bridgehead atoms. The summed E-state index contributed by atoms with van der Waals surface area (Å²) in [6.45, 7) is 6.43. The van der Waals surface area contributed by atoms with Crippen molar-refractivity contribution in [3.63, 3.8) is 0 Å². The van der Waals surface area contributed by atoms with E-state index in [9.17, 15) is 4.79 Å². The number of carbonyl (C=O) groups is 1. The van der Waals surface area contributed by atoms with Crippen LogP contribution < -0.4 is 10.6 Å². The number of ether oxygens (including phenoxy) is 1. The lowest BCUT2D eigenvalue weighted by molar-refractivity contribution is 0.168. The van der Waals surface area contributed by atoms with Gasteiger partial charge in [0.05, 0.1) is 18.5 Å². The molecule has 1 heterocycles. The quantitative estimate of drug-likeness (QED) is 0.852. The van der Waals surface area contributed by atoms with Crippen LogP contribution >= 0.6 is 0 Å². The van der Waals surface area contributed by atoms with Crippen molar-refractivity contribution in [3.05, 3.63) is 48.2 Å². The van der Waals surface area contributed by atoms with Crippen LogP contribution in [0, 0.1) is 0 Å². The number of rotatable bonds is 5. The van der Waals surface area contributed by atoms with Crippen LogP contribution in [0.25, 0.3) is 0 Å². The third-order valence-electron chi connectivity index (χ3n) is 3.14. The highest BCUT2D eigenvalue weighted by Gasteiger charge is 2.03. The molecule has 0 aliphatic heterocycles. The molecule has 0 saturated heterocycles. The van der Waals surface area contributed by atoms with Gasteiger partial charge >= 0.3 is 6.09 Å². The van der Waals surface area contributed by atoms with E-state index in [1.165, 1.54) is 5.56 Å². The van der Waals surface area contributed by atoms with Crippen LogP contribution in [0.3, 0.4) is 0 Å². The van der Waals surface area contributed by atoms with E-state index in [0.717, 1.165) is 5.69 Å². The van der Waals surface area contributed by atoms with Gasteiger partial charge in [-0.2, -0.15) is 0 Å². The Morgan fingerprint density at radius 1 is 1.14 bits per heavy atom. The molecule has 0 atom stereocenters. The Kier molecular flexibility index (Phi) is 5.36. The molecule has 0 radical (unpaired) electrons. The first-order valence-corrected chi connectivity index (χ1v) is 7.35. The van der Waals surface area contributed by atoms with Crippen molar-refractivity contribution in [1.82, 2.24) is 4.98 Å². The van der Waals surface area contributed by atoms with Crippen LogP contribution in [-0.2, 0) is 4.74 Å². The third kappa shape index (κ3) is 4.48. The van der Waals surface area contributed by atoms with Gasteiger partial charge in [-0.05, 0) is 42.7 Å². The van der Waals surface area contributed by atoms with E-state index in [2.05, 4.69) is 41.6 Å². The molecule has 1 amide bonds. The molecule has 22 heavy (non-hydrogen) atoms. The van der Waals surface area contributed by atoms with Crippen LogP contribution in [0.2, 0.25) is 0 Å². The van der Waals surface area contributed by atoms with Gasteiger partial charge < -0.3 is 10.1 Å². The summed E-state index contributed by atoms with van der Waals surface area (Å²) in [5.41, 5.74) is 2.87. The maximum absolute atomic E-state index is 11.3. The molecule has 1 aromatic carbocycles. The number of pyridine rings is 1. The molecule has 0 spiro atoms. The lowest BCUT2D eigenvalue weighted by Crippen LogP contribution is -2.13. The minimum Gasteiger partial charge on any atom is -0.450 e. The van der Waals surface area contributed by atoms with Crippen molar-refractivity contribution in [2.24, 2.45) is 0 Å². The second kappa shape index (κ2) is 7.45. The second-order valence-corrected chi connectivity index (χ2v) is 5.18. The van der Waals surface area contributed by atoms with Crippen molar-refractivity contribution in [2.45, 2.75) is 26.7 Å². The molecule has 1 aromatic heterocycles. The lowest BCUT2D eigenvalue weighted by Gasteiger charge is -2.09. The number of anilines is 3. The fourth-order valence-electron chi connectivity index (χ4n) is 1.93. The van der Waals surface area contributed by atoms with E-state index < -0.39 is 6.09 Å². The molecule has 2 N–H and O–H groups in total. The Labute approximate surface area is 130 Å². The number of amides is 1. The topological polar surface area (TPSA) is 63.2 Å². The minimum atomic E-state index is -0.478.